The maximum atomic E-state index is 5.83. The molecular formula is C17H24N2OS. The summed E-state index contributed by atoms with van der Waals surface area (Å²) in [5.41, 5.74) is 2.32. The van der Waals surface area contributed by atoms with E-state index in [2.05, 4.69) is 48.6 Å². The second kappa shape index (κ2) is 8.15. The van der Waals surface area contributed by atoms with Crippen molar-refractivity contribution in [1.29, 1.82) is 0 Å². The van der Waals surface area contributed by atoms with Crippen molar-refractivity contribution in [3.63, 3.8) is 0 Å². The van der Waals surface area contributed by atoms with E-state index in [0.29, 0.717) is 12.5 Å². The van der Waals surface area contributed by atoms with Crippen LogP contribution in [0.3, 0.4) is 0 Å². The summed E-state index contributed by atoms with van der Waals surface area (Å²) in [6, 6.07) is 8.32. The molecule has 0 fully saturated rings. The molecule has 4 heteroatoms. The fourth-order valence-corrected chi connectivity index (χ4v) is 2.64. The first-order chi connectivity index (χ1) is 10.2. The minimum atomic E-state index is 0.594. The summed E-state index contributed by atoms with van der Waals surface area (Å²) in [6.07, 6.45) is 0.924. The van der Waals surface area contributed by atoms with E-state index in [1.165, 1.54) is 10.4 Å². The first kappa shape index (κ1) is 16.0. The average Bonchev–Trinajstić information content (AvgIpc) is 2.98. The Bertz CT molecular complexity index is 538. The van der Waals surface area contributed by atoms with Gasteiger partial charge in [-0.2, -0.15) is 0 Å². The lowest BCUT2D eigenvalue weighted by atomic mass is 10.2. The molecule has 0 atom stereocenters. The molecule has 1 N–H and O–H groups in total. The SMILES string of the molecule is CCc1cc(CNCC(C)C)cc(OCc2cccs2)n1. The summed E-state index contributed by atoms with van der Waals surface area (Å²) in [4.78, 5) is 5.77. The number of hydrogen-bond acceptors (Lipinski definition) is 4. The number of nitrogens with zero attached hydrogens (tertiary/aromatic N) is 1. The van der Waals surface area contributed by atoms with E-state index in [4.69, 9.17) is 4.74 Å². The zero-order valence-electron chi connectivity index (χ0n) is 13.1. The molecule has 0 saturated heterocycles. The Morgan fingerprint density at radius 1 is 1.33 bits per heavy atom. The van der Waals surface area contributed by atoms with Gasteiger partial charge in [-0.3, -0.25) is 0 Å². The number of thiophene rings is 1. The second-order valence-corrected chi connectivity index (χ2v) is 6.58. The molecule has 2 aromatic heterocycles. The summed E-state index contributed by atoms with van der Waals surface area (Å²) in [5, 5.41) is 5.53. The Balaban J connectivity index is 1.99. The first-order valence-electron chi connectivity index (χ1n) is 7.53. The molecule has 0 unspecified atom stereocenters. The number of nitrogens with one attached hydrogen (secondary N) is 1. The van der Waals surface area contributed by atoms with Gasteiger partial charge in [0, 0.05) is 23.2 Å². The zero-order chi connectivity index (χ0) is 15.1. The lowest BCUT2D eigenvalue weighted by molar-refractivity contribution is 0.296. The smallest absolute Gasteiger partial charge is 0.214 e. The number of rotatable bonds is 8. The molecule has 0 aliphatic heterocycles. The minimum absolute atomic E-state index is 0.594. The summed E-state index contributed by atoms with van der Waals surface area (Å²) in [7, 11) is 0. The molecule has 0 aliphatic rings. The Morgan fingerprint density at radius 3 is 2.86 bits per heavy atom. The van der Waals surface area contributed by atoms with Crippen LogP contribution in [-0.4, -0.2) is 11.5 Å². The maximum Gasteiger partial charge on any atom is 0.214 e. The van der Waals surface area contributed by atoms with Gasteiger partial charge in [-0.15, -0.1) is 11.3 Å². The molecule has 114 valence electrons. The zero-order valence-corrected chi connectivity index (χ0v) is 13.9. The van der Waals surface area contributed by atoms with Crippen molar-refractivity contribution < 1.29 is 4.74 Å². The van der Waals surface area contributed by atoms with Crippen molar-refractivity contribution in [3.05, 3.63) is 45.8 Å². The van der Waals surface area contributed by atoms with Gasteiger partial charge in [0.05, 0.1) is 0 Å². The fourth-order valence-electron chi connectivity index (χ4n) is 2.02. The number of ether oxygens (including phenoxy) is 1. The van der Waals surface area contributed by atoms with Gasteiger partial charge in [0.1, 0.15) is 6.61 Å². The molecule has 2 heterocycles. The molecule has 0 spiro atoms. The van der Waals surface area contributed by atoms with E-state index in [1.807, 2.05) is 12.1 Å². The largest absolute Gasteiger partial charge is 0.472 e. The highest BCUT2D eigenvalue weighted by Gasteiger charge is 2.04. The van der Waals surface area contributed by atoms with Crippen LogP contribution < -0.4 is 10.1 Å². The van der Waals surface area contributed by atoms with Crippen LogP contribution in [-0.2, 0) is 19.6 Å². The average molecular weight is 304 g/mol. The van der Waals surface area contributed by atoms with Crippen LogP contribution in [0.15, 0.2) is 29.6 Å². The predicted octanol–water partition coefficient (Wildman–Crippen LogP) is 4.03. The monoisotopic (exact) mass is 304 g/mol. The molecule has 0 aliphatic carbocycles. The molecule has 0 bridgehead atoms. The molecule has 0 aromatic carbocycles. The standard InChI is InChI=1S/C17H24N2OS/c1-4-15-8-14(11-18-10-13(2)3)9-17(19-15)20-12-16-6-5-7-21-16/h5-9,13,18H,4,10-12H2,1-3H3. The van der Waals surface area contributed by atoms with Gasteiger partial charge in [0.25, 0.3) is 0 Å². The van der Waals surface area contributed by atoms with E-state index in [0.717, 1.165) is 31.1 Å². The molecule has 21 heavy (non-hydrogen) atoms. The highest BCUT2D eigenvalue weighted by Crippen LogP contribution is 2.17. The summed E-state index contributed by atoms with van der Waals surface area (Å²) in [6.45, 7) is 9.03. The molecule has 0 radical (unpaired) electrons. The normalized spacial score (nSPS) is 11.0. The first-order valence-corrected chi connectivity index (χ1v) is 8.41. The van der Waals surface area contributed by atoms with Crippen LogP contribution in [0.1, 0.15) is 36.9 Å². The van der Waals surface area contributed by atoms with E-state index >= 15 is 0 Å². The van der Waals surface area contributed by atoms with Crippen molar-refractivity contribution >= 4 is 11.3 Å². The van der Waals surface area contributed by atoms with Crippen molar-refractivity contribution in [2.45, 2.75) is 40.3 Å². The predicted molar refractivity (Wildman–Crippen MR) is 88.8 cm³/mol. The van der Waals surface area contributed by atoms with Gasteiger partial charge in [0.15, 0.2) is 0 Å². The molecule has 0 saturated carbocycles. The van der Waals surface area contributed by atoms with Crippen LogP contribution in [0.2, 0.25) is 0 Å². The Labute approximate surface area is 131 Å². The quantitative estimate of drug-likeness (QED) is 0.799. The van der Waals surface area contributed by atoms with Gasteiger partial charge in [-0.05, 0) is 42.0 Å². The molecule has 2 aromatic rings. The van der Waals surface area contributed by atoms with Gasteiger partial charge in [0.2, 0.25) is 5.88 Å². The number of aromatic nitrogens is 1. The second-order valence-electron chi connectivity index (χ2n) is 5.55. The van der Waals surface area contributed by atoms with Gasteiger partial charge < -0.3 is 10.1 Å². The Hall–Kier alpha value is -1.39. The third-order valence-electron chi connectivity index (χ3n) is 3.10. The summed E-state index contributed by atoms with van der Waals surface area (Å²) >= 11 is 1.71. The van der Waals surface area contributed by atoms with Crippen LogP contribution in [0.4, 0.5) is 0 Å². The van der Waals surface area contributed by atoms with E-state index in [9.17, 15) is 0 Å². The molecule has 2 rings (SSSR count). The van der Waals surface area contributed by atoms with Crippen molar-refractivity contribution in [2.75, 3.05) is 6.54 Å². The lowest BCUT2D eigenvalue weighted by Gasteiger charge is -2.11. The van der Waals surface area contributed by atoms with Gasteiger partial charge in [-0.25, -0.2) is 4.98 Å². The Morgan fingerprint density at radius 2 is 2.19 bits per heavy atom. The number of aryl methyl sites for hydroxylation is 1. The third-order valence-corrected chi connectivity index (χ3v) is 3.95. The Kier molecular flexibility index (Phi) is 6.21. The number of hydrogen-bond donors (Lipinski definition) is 1. The fraction of sp³-hybridized carbons (Fsp3) is 0.471. The highest BCUT2D eigenvalue weighted by atomic mass is 32.1. The summed E-state index contributed by atoms with van der Waals surface area (Å²) in [5.74, 6) is 1.39. The van der Waals surface area contributed by atoms with E-state index in [-0.39, 0.29) is 0 Å². The third kappa shape index (κ3) is 5.48. The van der Waals surface area contributed by atoms with Gasteiger partial charge in [-0.1, -0.05) is 26.8 Å². The highest BCUT2D eigenvalue weighted by molar-refractivity contribution is 7.09. The molecule has 0 amide bonds. The van der Waals surface area contributed by atoms with Crippen LogP contribution in [0.5, 0.6) is 5.88 Å². The van der Waals surface area contributed by atoms with E-state index < -0.39 is 0 Å². The van der Waals surface area contributed by atoms with E-state index in [1.54, 1.807) is 11.3 Å². The van der Waals surface area contributed by atoms with Crippen LogP contribution >= 0.6 is 11.3 Å². The molecular weight excluding hydrogens is 280 g/mol. The maximum absolute atomic E-state index is 5.83. The molecule has 3 nitrogen and oxygen atoms in total. The lowest BCUT2D eigenvalue weighted by Crippen LogP contribution is -2.19. The van der Waals surface area contributed by atoms with Crippen LogP contribution in [0.25, 0.3) is 0 Å². The van der Waals surface area contributed by atoms with Crippen molar-refractivity contribution in [3.8, 4) is 5.88 Å². The van der Waals surface area contributed by atoms with Gasteiger partial charge >= 0.3 is 0 Å². The van der Waals surface area contributed by atoms with Crippen molar-refractivity contribution in [2.24, 2.45) is 5.92 Å². The minimum Gasteiger partial charge on any atom is -0.472 e. The van der Waals surface area contributed by atoms with Crippen molar-refractivity contribution in [1.82, 2.24) is 10.3 Å². The topological polar surface area (TPSA) is 34.1 Å². The number of pyridine rings is 1. The van der Waals surface area contributed by atoms with Crippen LogP contribution in [0, 0.1) is 5.92 Å². The summed E-state index contributed by atoms with van der Waals surface area (Å²) < 4.78 is 5.83.